The molecule has 0 spiro atoms. The summed E-state index contributed by atoms with van der Waals surface area (Å²) in [6.07, 6.45) is -0.393. The van der Waals surface area contributed by atoms with Crippen LogP contribution in [0.5, 0.6) is 5.75 Å². The largest absolute Gasteiger partial charge is 0.492 e. The van der Waals surface area contributed by atoms with E-state index >= 15 is 0 Å². The Labute approximate surface area is 161 Å². The van der Waals surface area contributed by atoms with Crippen LogP contribution >= 0.6 is 0 Å². The smallest absolute Gasteiger partial charge is 0.433 e. The molecule has 0 saturated carbocycles. The van der Waals surface area contributed by atoms with Crippen LogP contribution in [0.4, 0.5) is 4.79 Å². The lowest BCUT2D eigenvalue weighted by Crippen LogP contribution is -2.45. The van der Waals surface area contributed by atoms with Crippen molar-refractivity contribution < 1.29 is 19.5 Å². The van der Waals surface area contributed by atoms with E-state index in [9.17, 15) is 10.0 Å². The number of rotatable bonds is 7. The van der Waals surface area contributed by atoms with Crippen molar-refractivity contribution in [2.45, 2.75) is 13.3 Å². The van der Waals surface area contributed by atoms with Crippen molar-refractivity contribution in [1.29, 1.82) is 0 Å². The molecule has 27 heavy (non-hydrogen) atoms. The van der Waals surface area contributed by atoms with Gasteiger partial charge in [-0.25, -0.2) is 4.79 Å². The van der Waals surface area contributed by atoms with Crippen molar-refractivity contribution in [2.24, 2.45) is 0 Å². The van der Waals surface area contributed by atoms with Crippen LogP contribution in [0.1, 0.15) is 18.9 Å². The Morgan fingerprint density at radius 1 is 1.22 bits per heavy atom. The van der Waals surface area contributed by atoms with Gasteiger partial charge in [-0.2, -0.15) is 5.06 Å². The standard InChI is InChI=1S/C20H29N3O4/c1-3-26-20(24)23(25)11-5-4-6-18-7-9-19(10-8-18)27-17-16-22-14-12-21(2)13-15-22/h7-10,25H,3,5,11-17H2,1-2H3. The Balaban J connectivity index is 1.67. The number of likely N-dealkylation sites (N-methyl/N-ethyl adjacent to an activating group) is 1. The van der Waals surface area contributed by atoms with Crippen LogP contribution in [0.3, 0.4) is 0 Å². The number of hydrogen-bond acceptors (Lipinski definition) is 6. The zero-order valence-electron chi connectivity index (χ0n) is 16.2. The molecule has 0 aliphatic carbocycles. The van der Waals surface area contributed by atoms with E-state index in [1.54, 1.807) is 6.92 Å². The van der Waals surface area contributed by atoms with Gasteiger partial charge in [-0.15, -0.1) is 0 Å². The van der Waals surface area contributed by atoms with Crippen molar-refractivity contribution in [2.75, 3.05) is 59.5 Å². The van der Waals surface area contributed by atoms with Crippen molar-refractivity contribution in [3.63, 3.8) is 0 Å². The molecule has 148 valence electrons. The van der Waals surface area contributed by atoms with Crippen molar-refractivity contribution in [3.8, 4) is 17.6 Å². The highest BCUT2D eigenvalue weighted by atomic mass is 16.6. The first-order chi connectivity index (χ1) is 13.1. The van der Waals surface area contributed by atoms with Gasteiger partial charge in [0.1, 0.15) is 12.4 Å². The number of hydroxylamine groups is 2. The van der Waals surface area contributed by atoms with Crippen molar-refractivity contribution >= 4 is 6.09 Å². The quantitative estimate of drug-likeness (QED) is 0.446. The van der Waals surface area contributed by atoms with E-state index in [-0.39, 0.29) is 13.2 Å². The average Bonchev–Trinajstić information content (AvgIpc) is 2.68. The normalized spacial score (nSPS) is 14.9. The Bertz CT molecular complexity index is 631. The molecule has 0 radical (unpaired) electrons. The molecule has 0 bridgehead atoms. The van der Waals surface area contributed by atoms with Gasteiger partial charge < -0.3 is 14.4 Å². The molecular formula is C20H29N3O4. The topological polar surface area (TPSA) is 65.5 Å². The number of ether oxygens (including phenoxy) is 2. The summed E-state index contributed by atoms with van der Waals surface area (Å²) in [5.74, 6) is 6.76. The second-order valence-electron chi connectivity index (χ2n) is 6.39. The van der Waals surface area contributed by atoms with Crippen LogP contribution in [-0.4, -0.2) is 85.7 Å². The summed E-state index contributed by atoms with van der Waals surface area (Å²) in [6, 6.07) is 7.62. The van der Waals surface area contributed by atoms with E-state index in [4.69, 9.17) is 4.74 Å². The molecule has 1 aromatic rings. The number of carbonyl (C=O) groups is 1. The van der Waals surface area contributed by atoms with E-state index in [0.29, 0.717) is 18.1 Å². The van der Waals surface area contributed by atoms with Gasteiger partial charge in [0.2, 0.25) is 0 Å². The summed E-state index contributed by atoms with van der Waals surface area (Å²) in [4.78, 5) is 16.0. The molecule has 1 saturated heterocycles. The maximum absolute atomic E-state index is 11.2. The minimum absolute atomic E-state index is 0.110. The highest BCUT2D eigenvalue weighted by Gasteiger charge is 2.13. The molecule has 1 aliphatic rings. The molecule has 1 N–H and O–H groups in total. The van der Waals surface area contributed by atoms with Gasteiger partial charge in [0.25, 0.3) is 0 Å². The van der Waals surface area contributed by atoms with Gasteiger partial charge in [-0.1, -0.05) is 11.8 Å². The van der Waals surface area contributed by atoms with E-state index in [2.05, 4.69) is 33.4 Å². The predicted octanol–water partition coefficient (Wildman–Crippen LogP) is 1.90. The lowest BCUT2D eigenvalue weighted by molar-refractivity contribution is -0.0714. The molecule has 7 heteroatoms. The van der Waals surface area contributed by atoms with Crippen LogP contribution in [0.15, 0.2) is 24.3 Å². The van der Waals surface area contributed by atoms with Gasteiger partial charge in [0.15, 0.2) is 0 Å². The third kappa shape index (κ3) is 7.87. The fourth-order valence-electron chi connectivity index (χ4n) is 2.61. The fraction of sp³-hybridized carbons (Fsp3) is 0.550. The second-order valence-corrected chi connectivity index (χ2v) is 6.39. The van der Waals surface area contributed by atoms with Gasteiger partial charge in [0.05, 0.1) is 13.2 Å². The van der Waals surface area contributed by atoms with Crippen LogP contribution in [0, 0.1) is 11.8 Å². The zero-order chi connectivity index (χ0) is 19.5. The highest BCUT2D eigenvalue weighted by molar-refractivity contribution is 5.65. The summed E-state index contributed by atoms with van der Waals surface area (Å²) in [5.41, 5.74) is 0.863. The maximum atomic E-state index is 11.2. The van der Waals surface area contributed by atoms with Crippen LogP contribution in [-0.2, 0) is 4.74 Å². The predicted molar refractivity (Wildman–Crippen MR) is 103 cm³/mol. The van der Waals surface area contributed by atoms with Gasteiger partial charge >= 0.3 is 6.09 Å². The molecule has 1 heterocycles. The molecule has 0 unspecified atom stereocenters. The molecular weight excluding hydrogens is 346 g/mol. The number of amides is 1. The summed E-state index contributed by atoms with van der Waals surface area (Å²) >= 11 is 0. The molecule has 0 aromatic heterocycles. The van der Waals surface area contributed by atoms with Crippen molar-refractivity contribution in [1.82, 2.24) is 14.9 Å². The SMILES string of the molecule is CCOC(=O)N(O)CCC#Cc1ccc(OCCN2CCN(C)CC2)cc1. The fourth-order valence-corrected chi connectivity index (χ4v) is 2.61. The molecule has 1 aliphatic heterocycles. The van der Waals surface area contributed by atoms with Gasteiger partial charge in [-0.05, 0) is 38.2 Å². The monoisotopic (exact) mass is 375 g/mol. The molecule has 1 aromatic carbocycles. The Hall–Kier alpha value is -2.27. The first-order valence-electron chi connectivity index (χ1n) is 9.34. The first kappa shape index (κ1) is 21.0. The number of piperazine rings is 1. The van der Waals surface area contributed by atoms with E-state index < -0.39 is 6.09 Å². The zero-order valence-corrected chi connectivity index (χ0v) is 16.2. The number of carbonyl (C=O) groups excluding carboxylic acids is 1. The Morgan fingerprint density at radius 2 is 1.93 bits per heavy atom. The van der Waals surface area contributed by atoms with Crippen LogP contribution in [0.25, 0.3) is 0 Å². The summed E-state index contributed by atoms with van der Waals surface area (Å²) < 4.78 is 10.5. The molecule has 1 fully saturated rings. The third-order valence-corrected chi connectivity index (χ3v) is 4.29. The summed E-state index contributed by atoms with van der Waals surface area (Å²) in [5, 5.41) is 9.98. The molecule has 2 rings (SSSR count). The first-order valence-corrected chi connectivity index (χ1v) is 9.34. The lowest BCUT2D eigenvalue weighted by Gasteiger charge is -2.32. The van der Waals surface area contributed by atoms with Crippen LogP contribution < -0.4 is 4.74 Å². The Morgan fingerprint density at radius 3 is 2.59 bits per heavy atom. The number of nitrogens with zero attached hydrogens (tertiary/aromatic N) is 3. The molecule has 7 nitrogen and oxygen atoms in total. The molecule has 1 amide bonds. The van der Waals surface area contributed by atoms with Crippen LogP contribution in [0.2, 0.25) is 0 Å². The third-order valence-electron chi connectivity index (χ3n) is 4.29. The minimum atomic E-state index is -0.752. The van der Waals surface area contributed by atoms with E-state index in [1.807, 2.05) is 24.3 Å². The van der Waals surface area contributed by atoms with E-state index in [0.717, 1.165) is 44.0 Å². The summed E-state index contributed by atoms with van der Waals surface area (Å²) in [6.45, 7) is 8.05. The highest BCUT2D eigenvalue weighted by Crippen LogP contribution is 2.12. The van der Waals surface area contributed by atoms with Gasteiger partial charge in [-0.3, -0.25) is 10.1 Å². The number of benzene rings is 1. The molecule has 0 atom stereocenters. The Kier molecular flexibility index (Phi) is 8.92. The summed E-state index contributed by atoms with van der Waals surface area (Å²) in [7, 11) is 2.15. The van der Waals surface area contributed by atoms with Gasteiger partial charge in [0, 0.05) is 44.7 Å². The number of hydrogen-bond donors (Lipinski definition) is 1. The minimum Gasteiger partial charge on any atom is -0.492 e. The lowest BCUT2D eigenvalue weighted by atomic mass is 10.2. The second kappa shape index (κ2) is 11.4. The maximum Gasteiger partial charge on any atom is 0.433 e. The average molecular weight is 375 g/mol. The van der Waals surface area contributed by atoms with Crippen molar-refractivity contribution in [3.05, 3.63) is 29.8 Å². The van der Waals surface area contributed by atoms with E-state index in [1.165, 1.54) is 0 Å².